The van der Waals surface area contributed by atoms with Crippen molar-refractivity contribution in [3.8, 4) is 5.75 Å². The van der Waals surface area contributed by atoms with E-state index in [2.05, 4.69) is 4.74 Å². The van der Waals surface area contributed by atoms with Gasteiger partial charge in [0.05, 0.1) is 24.2 Å². The smallest absolute Gasteiger partial charge is 0.325 e. The summed E-state index contributed by atoms with van der Waals surface area (Å²) in [6.45, 7) is 0.288. The molecule has 9 nitrogen and oxygen atoms in total. The highest BCUT2D eigenvalue weighted by Crippen LogP contribution is 2.22. The summed E-state index contributed by atoms with van der Waals surface area (Å²) in [7, 11) is 1.26. The first-order valence-electron chi connectivity index (χ1n) is 9.19. The van der Waals surface area contributed by atoms with Gasteiger partial charge in [-0.15, -0.1) is 0 Å². The number of nitrogens with zero attached hydrogens (tertiary/aromatic N) is 2. The minimum atomic E-state index is -0.644. The van der Waals surface area contributed by atoms with Crippen LogP contribution >= 0.6 is 0 Å². The van der Waals surface area contributed by atoms with Gasteiger partial charge in [-0.1, -0.05) is 30.3 Å². The Morgan fingerprint density at radius 1 is 1.17 bits per heavy atom. The fourth-order valence-electron chi connectivity index (χ4n) is 2.71. The van der Waals surface area contributed by atoms with Gasteiger partial charge in [-0.2, -0.15) is 0 Å². The molecule has 2 aromatic rings. The molecule has 158 valence electrons. The summed E-state index contributed by atoms with van der Waals surface area (Å²) >= 11 is 0. The highest BCUT2D eigenvalue weighted by molar-refractivity contribution is 5.82. The Morgan fingerprint density at radius 3 is 2.53 bits per heavy atom. The molecule has 0 bridgehead atoms. The standard InChI is InChI=1S/C21H22N2O7/c1-29-21(26)14-22(13-16-6-3-2-4-7-16)20(25)8-5-11-30-18-9-10-19(23(27)28)17(12-18)15-24/h2-4,6-7,9-10,12,15H,5,8,11,13-14H2,1H3. The third kappa shape index (κ3) is 6.69. The second kappa shape index (κ2) is 11.3. The van der Waals surface area contributed by atoms with Gasteiger partial charge in [-0.3, -0.25) is 24.5 Å². The molecule has 0 N–H and O–H groups in total. The molecule has 0 aliphatic heterocycles. The molecule has 0 unspecified atom stereocenters. The van der Waals surface area contributed by atoms with Crippen LogP contribution < -0.4 is 4.74 Å². The van der Waals surface area contributed by atoms with Crippen LogP contribution in [0.4, 0.5) is 5.69 Å². The summed E-state index contributed by atoms with van der Waals surface area (Å²) in [5, 5.41) is 10.9. The minimum absolute atomic E-state index is 0.0827. The topological polar surface area (TPSA) is 116 Å². The maximum atomic E-state index is 12.6. The van der Waals surface area contributed by atoms with Crippen molar-refractivity contribution in [3.05, 3.63) is 69.8 Å². The number of methoxy groups -OCH3 is 1. The van der Waals surface area contributed by atoms with Crippen LogP contribution in [0, 0.1) is 10.1 Å². The van der Waals surface area contributed by atoms with E-state index < -0.39 is 10.9 Å². The Balaban J connectivity index is 1.91. The van der Waals surface area contributed by atoms with Crippen molar-refractivity contribution in [1.29, 1.82) is 0 Å². The van der Waals surface area contributed by atoms with Gasteiger partial charge in [0, 0.05) is 19.0 Å². The molecule has 1 amide bonds. The Hall–Kier alpha value is -3.75. The van der Waals surface area contributed by atoms with E-state index in [-0.39, 0.29) is 43.3 Å². The predicted octanol–water partition coefficient (Wildman–Crippen LogP) is 2.77. The Bertz CT molecular complexity index is 899. The van der Waals surface area contributed by atoms with Crippen LogP contribution in [0.25, 0.3) is 0 Å². The van der Waals surface area contributed by atoms with Gasteiger partial charge in [0.15, 0.2) is 6.29 Å². The Morgan fingerprint density at radius 2 is 1.90 bits per heavy atom. The van der Waals surface area contributed by atoms with Gasteiger partial charge in [0.2, 0.25) is 5.91 Å². The lowest BCUT2D eigenvalue weighted by Crippen LogP contribution is -2.35. The molecular formula is C21H22N2O7. The Labute approximate surface area is 173 Å². The van der Waals surface area contributed by atoms with E-state index in [1.165, 1.54) is 30.2 Å². The van der Waals surface area contributed by atoms with Crippen LogP contribution in [-0.4, -0.2) is 48.2 Å². The molecule has 0 heterocycles. The molecule has 0 saturated heterocycles. The van der Waals surface area contributed by atoms with Crippen molar-refractivity contribution in [1.82, 2.24) is 4.90 Å². The molecule has 30 heavy (non-hydrogen) atoms. The maximum Gasteiger partial charge on any atom is 0.325 e. The molecule has 0 fully saturated rings. The first kappa shape index (κ1) is 22.5. The molecule has 0 radical (unpaired) electrons. The molecule has 0 aromatic heterocycles. The van der Waals surface area contributed by atoms with Gasteiger partial charge < -0.3 is 14.4 Å². The molecule has 0 spiro atoms. The number of carbonyl (C=O) groups excluding carboxylic acids is 3. The van der Waals surface area contributed by atoms with E-state index in [9.17, 15) is 24.5 Å². The molecule has 0 saturated carbocycles. The number of amides is 1. The third-order valence-electron chi connectivity index (χ3n) is 4.24. The predicted molar refractivity (Wildman–Crippen MR) is 107 cm³/mol. The van der Waals surface area contributed by atoms with E-state index >= 15 is 0 Å². The number of benzene rings is 2. The molecule has 2 aromatic carbocycles. The van der Waals surface area contributed by atoms with Gasteiger partial charge in [-0.25, -0.2) is 0 Å². The van der Waals surface area contributed by atoms with E-state index in [1.54, 1.807) is 0 Å². The first-order valence-corrected chi connectivity index (χ1v) is 9.19. The van der Waals surface area contributed by atoms with Crippen LogP contribution in [0.5, 0.6) is 5.75 Å². The number of rotatable bonds is 11. The van der Waals surface area contributed by atoms with Crippen LogP contribution in [0.3, 0.4) is 0 Å². The van der Waals surface area contributed by atoms with Gasteiger partial charge in [0.1, 0.15) is 12.3 Å². The van der Waals surface area contributed by atoms with Crippen LogP contribution in [-0.2, 0) is 20.9 Å². The summed E-state index contributed by atoms with van der Waals surface area (Å²) < 4.78 is 10.2. The summed E-state index contributed by atoms with van der Waals surface area (Å²) in [4.78, 5) is 46.8. The van der Waals surface area contributed by atoms with Crippen molar-refractivity contribution >= 4 is 23.9 Å². The number of aldehydes is 1. The number of hydrogen-bond donors (Lipinski definition) is 0. The molecule has 2 rings (SSSR count). The summed E-state index contributed by atoms with van der Waals surface area (Å²) in [6, 6.07) is 13.2. The van der Waals surface area contributed by atoms with Gasteiger partial charge >= 0.3 is 5.97 Å². The van der Waals surface area contributed by atoms with Crippen LogP contribution in [0.2, 0.25) is 0 Å². The molecular weight excluding hydrogens is 392 g/mol. The number of esters is 1. The zero-order valence-electron chi connectivity index (χ0n) is 16.5. The number of nitro groups is 1. The lowest BCUT2D eigenvalue weighted by molar-refractivity contribution is -0.385. The summed E-state index contributed by atoms with van der Waals surface area (Å²) in [5.74, 6) is -0.446. The fourth-order valence-corrected chi connectivity index (χ4v) is 2.71. The Kier molecular flexibility index (Phi) is 8.49. The van der Waals surface area contributed by atoms with Gasteiger partial charge in [0.25, 0.3) is 5.69 Å². The number of ether oxygens (including phenoxy) is 2. The second-order valence-electron chi connectivity index (χ2n) is 6.36. The zero-order valence-corrected chi connectivity index (χ0v) is 16.5. The molecule has 0 aliphatic rings. The van der Waals surface area contributed by atoms with Crippen LogP contribution in [0.15, 0.2) is 48.5 Å². The SMILES string of the molecule is COC(=O)CN(Cc1ccccc1)C(=O)CCCOc1ccc([N+](=O)[O-])c(C=O)c1. The normalized spacial score (nSPS) is 10.2. The zero-order chi connectivity index (χ0) is 21.9. The van der Waals surface area contributed by atoms with Crippen molar-refractivity contribution in [2.24, 2.45) is 0 Å². The second-order valence-corrected chi connectivity index (χ2v) is 6.36. The van der Waals surface area contributed by atoms with Crippen molar-refractivity contribution in [3.63, 3.8) is 0 Å². The molecule has 0 aliphatic carbocycles. The lowest BCUT2D eigenvalue weighted by atomic mass is 10.2. The molecule has 9 heteroatoms. The van der Waals surface area contributed by atoms with Crippen molar-refractivity contribution in [2.75, 3.05) is 20.3 Å². The van der Waals surface area contributed by atoms with E-state index in [0.29, 0.717) is 18.5 Å². The van der Waals surface area contributed by atoms with E-state index in [0.717, 1.165) is 5.56 Å². The number of nitro benzene ring substituents is 1. The summed E-state index contributed by atoms with van der Waals surface area (Å²) in [6.07, 6.45) is 0.888. The average molecular weight is 414 g/mol. The summed E-state index contributed by atoms with van der Waals surface area (Å²) in [5.41, 5.74) is 0.505. The highest BCUT2D eigenvalue weighted by Gasteiger charge is 2.18. The van der Waals surface area contributed by atoms with Crippen molar-refractivity contribution < 1.29 is 28.8 Å². The quantitative estimate of drug-likeness (QED) is 0.182. The number of carbonyl (C=O) groups is 3. The van der Waals surface area contributed by atoms with E-state index in [4.69, 9.17) is 4.74 Å². The monoisotopic (exact) mass is 414 g/mol. The lowest BCUT2D eigenvalue weighted by Gasteiger charge is -2.21. The maximum absolute atomic E-state index is 12.6. The number of hydrogen-bond acceptors (Lipinski definition) is 7. The van der Waals surface area contributed by atoms with E-state index in [1.807, 2.05) is 30.3 Å². The first-order chi connectivity index (χ1) is 14.4. The van der Waals surface area contributed by atoms with Gasteiger partial charge in [-0.05, 0) is 24.1 Å². The van der Waals surface area contributed by atoms with Crippen molar-refractivity contribution in [2.45, 2.75) is 19.4 Å². The third-order valence-corrected chi connectivity index (χ3v) is 4.24. The largest absolute Gasteiger partial charge is 0.494 e. The van der Waals surface area contributed by atoms with Crippen LogP contribution in [0.1, 0.15) is 28.8 Å². The average Bonchev–Trinajstić information content (AvgIpc) is 2.76. The highest BCUT2D eigenvalue weighted by atomic mass is 16.6. The molecule has 0 atom stereocenters. The fraction of sp³-hybridized carbons (Fsp3) is 0.286. The minimum Gasteiger partial charge on any atom is -0.494 e.